The first-order chi connectivity index (χ1) is 30.4. The number of carboxylic acids is 2. The number of rotatable bonds is 14. The van der Waals surface area contributed by atoms with Crippen molar-refractivity contribution < 1.29 is 29.6 Å². The van der Waals surface area contributed by atoms with Crippen LogP contribution in [0, 0.1) is 0 Å². The number of aromatic nitrogens is 2. The molecule has 0 aliphatic rings. The number of anilines is 1. The molecule has 0 fully saturated rings. The molecule has 0 saturated heterocycles. The minimum atomic E-state index is -0.778. The fraction of sp³-hybridized carbons (Fsp3) is 0.244. The number of aliphatic hydroxyl groups excluding tert-OH is 1. The molecule has 7 N–H and O–H groups in total. The van der Waals surface area contributed by atoms with E-state index in [1.165, 1.54) is 17.8 Å². The summed E-state index contributed by atoms with van der Waals surface area (Å²) in [7, 11) is 8.36. The lowest BCUT2D eigenvalue weighted by atomic mass is 10.1. The number of para-hydroxylation sites is 5. The van der Waals surface area contributed by atoms with E-state index < -0.39 is 11.9 Å². The van der Waals surface area contributed by atoms with E-state index in [4.69, 9.17) is 35.8 Å². The zero-order valence-corrected chi connectivity index (χ0v) is 41.1. The van der Waals surface area contributed by atoms with Crippen LogP contribution in [0.1, 0.15) is 39.5 Å². The zero-order valence-electron chi connectivity index (χ0n) is 34.4. The average molecular weight is 1020 g/mol. The highest BCUT2D eigenvalue weighted by molar-refractivity contribution is 8.68. The predicted molar refractivity (Wildman–Crippen MR) is 291 cm³/mol. The maximum atomic E-state index is 10.5. The number of unbranched alkanes of at least 4 members (excludes halogenated alkanes) is 2. The molecule has 0 spiro atoms. The number of pyridine rings is 2. The molecule has 2 aromatic heterocycles. The smallest absolute Gasteiger partial charge is 0.304 e. The van der Waals surface area contributed by atoms with Crippen LogP contribution in [0.4, 0.5) is 5.69 Å². The number of ether oxygens (including phenoxy) is 1. The lowest BCUT2D eigenvalue weighted by Crippen LogP contribution is -2.24. The summed E-state index contributed by atoms with van der Waals surface area (Å²) in [6.07, 6.45) is 3.02. The van der Waals surface area contributed by atoms with Gasteiger partial charge in [-0.15, -0.1) is 0 Å². The molecule has 19 heteroatoms. The normalized spacial score (nSPS) is 9.61. The maximum absolute atomic E-state index is 10.5. The van der Waals surface area contributed by atoms with E-state index in [-0.39, 0.29) is 33.8 Å². The van der Waals surface area contributed by atoms with Gasteiger partial charge in [-0.05, 0) is 61.4 Å². The minimum absolute atomic E-state index is 0. The maximum Gasteiger partial charge on any atom is 0.304 e. The van der Waals surface area contributed by atoms with Crippen molar-refractivity contribution in [1.29, 1.82) is 0 Å². The van der Waals surface area contributed by atoms with Crippen molar-refractivity contribution >= 4 is 142 Å². The van der Waals surface area contributed by atoms with Crippen molar-refractivity contribution in [3.63, 3.8) is 0 Å². The molecular formula is C45H55N5O6S8. The van der Waals surface area contributed by atoms with Gasteiger partial charge >= 0.3 is 11.9 Å². The van der Waals surface area contributed by atoms with E-state index in [1.807, 2.05) is 115 Å². The van der Waals surface area contributed by atoms with Gasteiger partial charge in [-0.3, -0.25) is 9.59 Å². The molecule has 5 aromatic carbocycles. The summed E-state index contributed by atoms with van der Waals surface area (Å²) in [4.78, 5) is 29.8. The van der Waals surface area contributed by atoms with Gasteiger partial charge in [0.2, 0.25) is 0 Å². The molecule has 64 heavy (non-hydrogen) atoms. The first kappa shape index (κ1) is 57.8. The van der Waals surface area contributed by atoms with Crippen LogP contribution < -0.4 is 21.1 Å². The number of aliphatic carboxylic acids is 2. The van der Waals surface area contributed by atoms with Crippen molar-refractivity contribution in [2.45, 2.75) is 39.5 Å². The number of hydrogen-bond acceptors (Lipinski definition) is 11. The molecule has 7 aromatic rings. The van der Waals surface area contributed by atoms with E-state index >= 15 is 0 Å². The Hall–Kier alpha value is -4.25. The molecule has 2 heterocycles. The van der Waals surface area contributed by atoms with Gasteiger partial charge < -0.3 is 36.4 Å². The first-order valence-electron chi connectivity index (χ1n) is 19.3. The number of carbonyl (C=O) groups is 2. The third kappa shape index (κ3) is 20.7. The van der Waals surface area contributed by atoms with Crippen LogP contribution >= 0.6 is 13.5 Å². The van der Waals surface area contributed by atoms with Crippen molar-refractivity contribution in [3.8, 4) is 11.5 Å². The largest absolute Gasteiger partial charge is 0.481 e. The second-order valence-electron chi connectivity index (χ2n) is 12.6. The summed E-state index contributed by atoms with van der Waals surface area (Å²) in [6.45, 7) is 2.58. The first-order valence-corrected chi connectivity index (χ1v) is 27.3. The van der Waals surface area contributed by atoms with Gasteiger partial charge in [-0.25, -0.2) is 9.97 Å². The van der Waals surface area contributed by atoms with Crippen molar-refractivity contribution in [2.24, 2.45) is 5.73 Å². The number of benzene rings is 5. The van der Waals surface area contributed by atoms with E-state index in [0.29, 0.717) is 19.6 Å². The molecule has 0 radical (unpaired) electrons. The number of fused-ring (bicyclic) bond motifs is 4. The number of nitrogens with zero attached hydrogens (tertiary/aromatic N) is 2. The quantitative estimate of drug-likeness (QED) is 0.0450. The van der Waals surface area contributed by atoms with Crippen molar-refractivity contribution in [1.82, 2.24) is 15.3 Å². The van der Waals surface area contributed by atoms with E-state index in [0.717, 1.165) is 93.7 Å². The van der Waals surface area contributed by atoms with Gasteiger partial charge in [0.05, 0.1) is 34.2 Å². The van der Waals surface area contributed by atoms with Crippen LogP contribution in [0.25, 0.3) is 43.6 Å². The number of nitrogens with two attached hydrogens (primary N) is 1. The second-order valence-corrected chi connectivity index (χ2v) is 21.4. The number of carboxylic acid groups (broad SMARTS) is 2. The predicted octanol–water partition coefficient (Wildman–Crippen LogP) is 8.98. The van der Waals surface area contributed by atoms with Crippen LogP contribution in [0.15, 0.2) is 127 Å². The molecule has 0 bridgehead atoms. The summed E-state index contributed by atoms with van der Waals surface area (Å²) in [5.41, 5.74) is 10.1. The fourth-order valence-electron chi connectivity index (χ4n) is 5.80. The van der Waals surface area contributed by atoms with Crippen LogP contribution in [0.3, 0.4) is 0 Å². The Morgan fingerprint density at radius 3 is 1.48 bits per heavy atom. The Bertz CT molecular complexity index is 2580. The lowest BCUT2D eigenvalue weighted by Gasteiger charge is -2.13. The monoisotopic (exact) mass is 1020 g/mol. The molecule has 0 unspecified atom stereocenters. The van der Waals surface area contributed by atoms with Crippen molar-refractivity contribution in [3.05, 3.63) is 127 Å². The molecule has 0 aliphatic heterocycles. The summed E-state index contributed by atoms with van der Waals surface area (Å²) in [5.74, 6) is 0.199. The Kier molecular flexibility index (Phi) is 31.7. The molecule has 11 nitrogen and oxygen atoms in total. The Morgan fingerprint density at radius 2 is 1.03 bits per heavy atom. The number of nitrogens with one attached hydrogen (secondary N) is 2. The third-order valence-corrected chi connectivity index (χ3v) is 17.3. The summed E-state index contributed by atoms with van der Waals surface area (Å²) >= 11 is 9.14. The van der Waals surface area contributed by atoms with Crippen molar-refractivity contribution in [2.75, 3.05) is 38.6 Å². The molecule has 0 amide bonds. The van der Waals surface area contributed by atoms with Gasteiger partial charge in [0.1, 0.15) is 11.5 Å². The minimum Gasteiger partial charge on any atom is -0.481 e. The molecule has 344 valence electrons. The average Bonchev–Trinajstić information content (AvgIpc) is 3.30. The molecule has 7 rings (SSSR count). The van der Waals surface area contributed by atoms with E-state index in [2.05, 4.69) is 45.1 Å². The third-order valence-electron chi connectivity index (χ3n) is 8.41. The zero-order chi connectivity index (χ0) is 44.8. The Balaban J connectivity index is 0.000000459. The van der Waals surface area contributed by atoms with E-state index in [1.54, 1.807) is 26.6 Å². The summed E-state index contributed by atoms with van der Waals surface area (Å²) < 4.78 is 6.16. The molecule has 0 aliphatic carbocycles. The van der Waals surface area contributed by atoms with Gasteiger partial charge in [-0.2, -0.15) is 13.5 Å². The highest BCUT2D eigenvalue weighted by atomic mass is 33.4. The topological polar surface area (TPSA) is 180 Å². The van der Waals surface area contributed by atoms with Crippen LogP contribution in [-0.2, 0) is 76.4 Å². The van der Waals surface area contributed by atoms with Crippen LogP contribution in [0.5, 0.6) is 11.5 Å². The lowest BCUT2D eigenvalue weighted by molar-refractivity contribution is -0.138. The van der Waals surface area contributed by atoms with Crippen LogP contribution in [0.2, 0.25) is 0 Å². The van der Waals surface area contributed by atoms with Gasteiger partial charge in [0.25, 0.3) is 0 Å². The summed E-state index contributed by atoms with van der Waals surface area (Å²) in [5, 5.41) is 34.5. The SMILES string of the molecule is C.CO.NCCNCCC(=O)O.O=C(O)CCCCCNc1c2ccccc2nc2ccccc12.S.S=S=S=S=S=S=S.c1ccc(Oc2c3ccccc3nc3ccccc23)cc1. The van der Waals surface area contributed by atoms with Crippen LogP contribution in [-0.4, -0.2) is 70.5 Å². The highest BCUT2D eigenvalue weighted by Crippen LogP contribution is 2.36. The molecule has 0 saturated carbocycles. The summed E-state index contributed by atoms with van der Waals surface area (Å²) in [6, 6.07) is 42.3. The second kappa shape index (κ2) is 35.1. The van der Waals surface area contributed by atoms with E-state index in [9.17, 15) is 9.59 Å². The van der Waals surface area contributed by atoms with Gasteiger partial charge in [0.15, 0.2) is 0 Å². The number of aliphatic hydroxyl groups is 1. The highest BCUT2D eigenvalue weighted by Gasteiger charge is 2.11. The Morgan fingerprint density at radius 1 is 0.594 bits per heavy atom. The van der Waals surface area contributed by atoms with Gasteiger partial charge in [-0.1, -0.05) is 92.7 Å². The molecular weight excluding hydrogens is 963 g/mol. The number of hydrogen-bond donors (Lipinski definition) is 6. The standard InChI is InChI=1S/C19H20N2O2.C19H13NO.C5H12N2O2.CH4O.CH4.S7.H2S/c22-18(23)12-2-1-7-13-20-19-14-8-3-5-10-16(14)21-17-11-6-4-9-15(17)19;1-2-8-14(9-3-1)21-19-15-10-4-6-12-17(15)20-18-13-7-5-11-16(18)19;6-2-4-7-3-1-5(8)9;1-2;;1-3-5-7-6-4-2;/h3-6,8-11H,1-2,7,12-13H2,(H,20,21)(H,22,23);1-13H;7H,1-4,6H2,(H,8,9);2H,1H3;1H4;;1H2. The fourth-order valence-corrected chi connectivity index (χ4v) is 14.0. The van der Waals surface area contributed by atoms with Gasteiger partial charge in [0, 0.05) is 128 Å². The Labute approximate surface area is 406 Å². The molecule has 0 atom stereocenters.